The minimum absolute atomic E-state index is 0.0949. The van der Waals surface area contributed by atoms with Gasteiger partial charge >= 0.3 is 0 Å². The molecule has 1 unspecified atom stereocenters. The van der Waals surface area contributed by atoms with E-state index >= 15 is 0 Å². The van der Waals surface area contributed by atoms with Crippen LogP contribution in [0, 0.1) is 0 Å². The van der Waals surface area contributed by atoms with Crippen LogP contribution in [0.1, 0.15) is 55.6 Å². The Bertz CT molecular complexity index is 1510. The van der Waals surface area contributed by atoms with Gasteiger partial charge in [0.05, 0.1) is 0 Å². The first-order valence-corrected chi connectivity index (χ1v) is 13.6. The average molecular weight is 514 g/mol. The number of fused-ring (bicyclic) bond motifs is 1. The van der Waals surface area contributed by atoms with Crippen molar-refractivity contribution in [3.63, 3.8) is 0 Å². The number of nitrogens with zero attached hydrogens (tertiary/aromatic N) is 4. The van der Waals surface area contributed by atoms with Gasteiger partial charge in [-0.25, -0.2) is 4.98 Å². The van der Waals surface area contributed by atoms with Gasteiger partial charge in [0.25, 0.3) is 5.56 Å². The van der Waals surface area contributed by atoms with E-state index in [4.69, 9.17) is 16.6 Å². The number of piperidine rings is 1. The van der Waals surface area contributed by atoms with Crippen LogP contribution < -0.4 is 10.9 Å². The summed E-state index contributed by atoms with van der Waals surface area (Å²) < 4.78 is 1.70. The van der Waals surface area contributed by atoms with Crippen molar-refractivity contribution < 1.29 is 0 Å². The Morgan fingerprint density at radius 2 is 1.78 bits per heavy atom. The fourth-order valence-corrected chi connectivity index (χ4v) is 5.82. The molecule has 2 aromatic heterocycles. The van der Waals surface area contributed by atoms with Crippen molar-refractivity contribution in [3.8, 4) is 11.1 Å². The topological polar surface area (TPSA) is 63.1 Å². The third kappa shape index (κ3) is 4.88. The summed E-state index contributed by atoms with van der Waals surface area (Å²) in [7, 11) is 2.19. The van der Waals surface area contributed by atoms with Gasteiger partial charge in [-0.2, -0.15) is 4.98 Å². The van der Waals surface area contributed by atoms with Gasteiger partial charge < -0.3 is 10.2 Å². The second-order valence-corrected chi connectivity index (χ2v) is 10.8. The molecule has 0 amide bonds. The molecule has 2 aliphatic rings. The highest BCUT2D eigenvalue weighted by Crippen LogP contribution is 2.42. The smallest absolute Gasteiger partial charge is 0.260 e. The van der Waals surface area contributed by atoms with E-state index in [2.05, 4.69) is 52.6 Å². The lowest BCUT2D eigenvalue weighted by atomic mass is 9.91. The Hall–Kier alpha value is -3.22. The van der Waals surface area contributed by atoms with Crippen LogP contribution in [-0.2, 0) is 6.54 Å². The minimum Gasteiger partial charge on any atom is -0.324 e. The number of aryl methyl sites for hydroxylation is 1. The number of hydrogen-bond acceptors (Lipinski definition) is 5. The van der Waals surface area contributed by atoms with E-state index in [0.29, 0.717) is 40.6 Å². The Morgan fingerprint density at radius 3 is 2.49 bits per heavy atom. The molecule has 2 aromatic carbocycles. The molecule has 1 saturated carbocycles. The van der Waals surface area contributed by atoms with E-state index in [1.807, 2.05) is 25.1 Å². The molecule has 37 heavy (non-hydrogen) atoms. The molecule has 190 valence electrons. The van der Waals surface area contributed by atoms with E-state index in [0.717, 1.165) is 23.2 Å². The molecule has 3 heterocycles. The number of nitrogens with one attached hydrogen (secondary N) is 1. The van der Waals surface area contributed by atoms with Crippen molar-refractivity contribution in [2.45, 2.75) is 51.0 Å². The molecular formula is C30H32ClN5O. The van der Waals surface area contributed by atoms with Crippen molar-refractivity contribution in [2.24, 2.45) is 0 Å². The molecule has 0 spiro atoms. The molecule has 4 aromatic rings. The molecule has 0 radical (unpaired) electrons. The van der Waals surface area contributed by atoms with Gasteiger partial charge in [-0.15, -0.1) is 0 Å². The molecule has 6 nitrogen and oxygen atoms in total. The fourth-order valence-electron chi connectivity index (χ4n) is 5.53. The van der Waals surface area contributed by atoms with Gasteiger partial charge in [-0.3, -0.25) is 9.36 Å². The normalized spacial score (nSPS) is 18.3. The molecule has 1 saturated heterocycles. The lowest BCUT2D eigenvalue weighted by Crippen LogP contribution is -2.30. The van der Waals surface area contributed by atoms with E-state index in [1.54, 1.807) is 10.8 Å². The number of likely N-dealkylation sites (N-methyl/N-ethyl adjacent to an activating group) is 1. The molecule has 1 atom stereocenters. The first-order valence-electron chi connectivity index (χ1n) is 13.3. The van der Waals surface area contributed by atoms with E-state index in [-0.39, 0.29) is 5.56 Å². The van der Waals surface area contributed by atoms with Crippen LogP contribution in [0.2, 0.25) is 5.02 Å². The molecule has 6 rings (SSSR count). The summed E-state index contributed by atoms with van der Waals surface area (Å²) in [6.45, 7) is 4.74. The quantitative estimate of drug-likeness (QED) is 0.316. The van der Waals surface area contributed by atoms with Gasteiger partial charge in [0.15, 0.2) is 0 Å². The number of pyridine rings is 1. The maximum Gasteiger partial charge on any atom is 0.260 e. The molecule has 2 fully saturated rings. The maximum absolute atomic E-state index is 13.5. The van der Waals surface area contributed by atoms with Crippen LogP contribution in [0.5, 0.6) is 0 Å². The number of anilines is 2. The largest absolute Gasteiger partial charge is 0.324 e. The van der Waals surface area contributed by atoms with Crippen LogP contribution in [0.15, 0.2) is 59.5 Å². The monoisotopic (exact) mass is 513 g/mol. The van der Waals surface area contributed by atoms with E-state index in [1.165, 1.54) is 43.4 Å². The SMILES string of the molecule is CCn1c(=O)c(-c2ccc(C3CC3)cc2Cl)cc2cnc(Nc3ccc(C4CCCN(C)C4)cc3)nc21. The number of hydrogen-bond donors (Lipinski definition) is 1. The summed E-state index contributed by atoms with van der Waals surface area (Å²) in [6.07, 6.45) is 6.68. The zero-order valence-corrected chi connectivity index (χ0v) is 22.1. The summed E-state index contributed by atoms with van der Waals surface area (Å²) in [5.74, 6) is 1.66. The van der Waals surface area contributed by atoms with Crippen molar-refractivity contribution in [1.82, 2.24) is 19.4 Å². The van der Waals surface area contributed by atoms with Crippen molar-refractivity contribution in [2.75, 3.05) is 25.5 Å². The lowest BCUT2D eigenvalue weighted by Gasteiger charge is -2.30. The number of likely N-dealkylation sites (tertiary alicyclic amines) is 1. The van der Waals surface area contributed by atoms with Crippen molar-refractivity contribution in [3.05, 3.63) is 81.2 Å². The zero-order chi connectivity index (χ0) is 25.5. The first kappa shape index (κ1) is 24.1. The predicted octanol–water partition coefficient (Wildman–Crippen LogP) is 6.56. The van der Waals surface area contributed by atoms with E-state index < -0.39 is 0 Å². The standard InChI is InChI=1S/C30H32ClN5O/c1-3-36-28-23(15-26(29(36)37)25-13-10-21(16-27(25)31)19-6-7-19)17-32-30(34-28)33-24-11-8-20(9-12-24)22-5-4-14-35(2)18-22/h8-13,15-17,19,22H,3-7,14,18H2,1-2H3,(H,32,33,34). The minimum atomic E-state index is -0.0949. The Labute approximate surface area is 222 Å². The van der Waals surface area contributed by atoms with Gasteiger partial charge in [0, 0.05) is 46.5 Å². The molecular weight excluding hydrogens is 482 g/mol. The van der Waals surface area contributed by atoms with Gasteiger partial charge in [0.1, 0.15) is 5.65 Å². The summed E-state index contributed by atoms with van der Waals surface area (Å²) in [5.41, 5.74) is 5.40. The summed E-state index contributed by atoms with van der Waals surface area (Å²) in [5, 5.41) is 4.74. The Morgan fingerprint density at radius 1 is 1.00 bits per heavy atom. The van der Waals surface area contributed by atoms with Crippen LogP contribution in [0.3, 0.4) is 0 Å². The van der Waals surface area contributed by atoms with Gasteiger partial charge in [-0.1, -0.05) is 35.9 Å². The predicted molar refractivity (Wildman–Crippen MR) is 151 cm³/mol. The van der Waals surface area contributed by atoms with Crippen molar-refractivity contribution in [1.29, 1.82) is 0 Å². The number of rotatable bonds is 6. The third-order valence-electron chi connectivity index (χ3n) is 7.74. The van der Waals surface area contributed by atoms with Gasteiger partial charge in [-0.05, 0) is 93.4 Å². The number of benzene rings is 2. The second kappa shape index (κ2) is 9.92. The second-order valence-electron chi connectivity index (χ2n) is 10.4. The fraction of sp³-hybridized carbons (Fsp3) is 0.367. The Balaban J connectivity index is 1.29. The van der Waals surface area contributed by atoms with Crippen molar-refractivity contribution >= 4 is 34.3 Å². The Kier molecular flexibility index (Phi) is 6.47. The molecule has 1 N–H and O–H groups in total. The molecule has 1 aliphatic heterocycles. The van der Waals surface area contributed by atoms with Crippen LogP contribution in [0.25, 0.3) is 22.2 Å². The van der Waals surface area contributed by atoms with Crippen LogP contribution >= 0.6 is 11.6 Å². The molecule has 7 heteroatoms. The summed E-state index contributed by atoms with van der Waals surface area (Å²) in [4.78, 5) is 25.2. The first-order chi connectivity index (χ1) is 18.0. The number of aromatic nitrogens is 3. The highest BCUT2D eigenvalue weighted by Gasteiger charge is 2.24. The average Bonchev–Trinajstić information content (AvgIpc) is 3.75. The summed E-state index contributed by atoms with van der Waals surface area (Å²) >= 11 is 6.65. The third-order valence-corrected chi connectivity index (χ3v) is 8.05. The lowest BCUT2D eigenvalue weighted by molar-refractivity contribution is 0.251. The molecule has 0 bridgehead atoms. The molecule has 1 aliphatic carbocycles. The maximum atomic E-state index is 13.5. The van der Waals surface area contributed by atoms with E-state index in [9.17, 15) is 4.79 Å². The number of halogens is 1. The van der Waals surface area contributed by atoms with Crippen LogP contribution in [-0.4, -0.2) is 39.6 Å². The highest BCUT2D eigenvalue weighted by atomic mass is 35.5. The zero-order valence-electron chi connectivity index (χ0n) is 21.4. The highest BCUT2D eigenvalue weighted by molar-refractivity contribution is 6.33. The van der Waals surface area contributed by atoms with Crippen LogP contribution in [0.4, 0.5) is 11.6 Å². The summed E-state index contributed by atoms with van der Waals surface area (Å²) in [6, 6.07) is 16.5. The van der Waals surface area contributed by atoms with Gasteiger partial charge in [0.2, 0.25) is 5.95 Å².